The number of esters is 2. The van der Waals surface area contributed by atoms with Crippen LogP contribution in [0.2, 0.25) is 0 Å². The highest BCUT2D eigenvalue weighted by Crippen LogP contribution is 2.11. The van der Waals surface area contributed by atoms with Crippen molar-refractivity contribution >= 4 is 33.6 Å². The summed E-state index contributed by atoms with van der Waals surface area (Å²) in [6.07, 6.45) is 1.70. The number of nitrogens with one attached hydrogen (secondary N) is 2. The minimum Gasteiger partial charge on any atom is -0.462 e. The fourth-order valence-corrected chi connectivity index (χ4v) is 3.70. The van der Waals surface area contributed by atoms with Crippen molar-refractivity contribution in [2.24, 2.45) is 0 Å². The van der Waals surface area contributed by atoms with Gasteiger partial charge < -0.3 is 14.8 Å². The van der Waals surface area contributed by atoms with E-state index in [0.717, 1.165) is 12.8 Å². The van der Waals surface area contributed by atoms with Crippen molar-refractivity contribution in [1.82, 2.24) is 4.72 Å². The minimum absolute atomic E-state index is 0.00934. The van der Waals surface area contributed by atoms with Gasteiger partial charge in [-0.05, 0) is 49.7 Å². The number of rotatable bonds is 11. The zero-order valence-electron chi connectivity index (χ0n) is 17.9. The second-order valence-electron chi connectivity index (χ2n) is 6.88. The van der Waals surface area contributed by atoms with Gasteiger partial charge in [0.25, 0.3) is 5.91 Å². The van der Waals surface area contributed by atoms with Gasteiger partial charge in [0.1, 0.15) is 6.04 Å². The van der Waals surface area contributed by atoms with Crippen LogP contribution in [-0.2, 0) is 29.1 Å². The van der Waals surface area contributed by atoms with E-state index in [2.05, 4.69) is 10.0 Å². The van der Waals surface area contributed by atoms with E-state index in [4.69, 9.17) is 9.47 Å². The van der Waals surface area contributed by atoms with E-state index >= 15 is 0 Å². The molecule has 0 heterocycles. The fraction of sp³-hybridized carbons (Fsp3) is 0.318. The zero-order chi connectivity index (χ0) is 23.6. The molecule has 2 aromatic carbocycles. The monoisotopic (exact) mass is 462 g/mol. The largest absolute Gasteiger partial charge is 0.462 e. The maximum absolute atomic E-state index is 12.2. The quantitative estimate of drug-likeness (QED) is 0.388. The molecule has 172 valence electrons. The summed E-state index contributed by atoms with van der Waals surface area (Å²) in [5.41, 5.74) is 0.749. The molecule has 0 spiro atoms. The molecule has 0 unspecified atom stereocenters. The van der Waals surface area contributed by atoms with Crippen molar-refractivity contribution in [2.75, 3.05) is 18.5 Å². The summed E-state index contributed by atoms with van der Waals surface area (Å²) >= 11 is 0. The van der Waals surface area contributed by atoms with Crippen molar-refractivity contribution in [1.29, 1.82) is 0 Å². The second kappa shape index (κ2) is 12.0. The molecule has 0 aliphatic heterocycles. The summed E-state index contributed by atoms with van der Waals surface area (Å²) in [5.74, 6) is -1.96. The van der Waals surface area contributed by atoms with Crippen LogP contribution in [0.25, 0.3) is 0 Å². The third-order valence-corrected chi connectivity index (χ3v) is 5.78. The first-order chi connectivity index (χ1) is 15.2. The van der Waals surface area contributed by atoms with Crippen LogP contribution >= 0.6 is 0 Å². The number of carbonyl (C=O) groups excluding carboxylic acids is 3. The molecule has 10 heteroatoms. The SMILES string of the molecule is CCCCOC(=O)c1ccc(NC(=O)COC(=O)[C@H](C)NS(=O)(=O)c2ccccc2)cc1. The van der Waals surface area contributed by atoms with Crippen molar-refractivity contribution in [3.8, 4) is 0 Å². The molecular formula is C22H26N2O7S. The normalized spacial score (nSPS) is 11.9. The smallest absolute Gasteiger partial charge is 0.338 e. The third-order valence-electron chi connectivity index (χ3n) is 4.22. The average Bonchev–Trinajstić information content (AvgIpc) is 2.78. The number of anilines is 1. The number of benzene rings is 2. The Morgan fingerprint density at radius 2 is 1.62 bits per heavy atom. The maximum Gasteiger partial charge on any atom is 0.338 e. The number of carbonyl (C=O) groups is 3. The Balaban J connectivity index is 1.80. The van der Waals surface area contributed by atoms with Gasteiger partial charge in [-0.2, -0.15) is 4.72 Å². The molecule has 0 saturated heterocycles. The maximum atomic E-state index is 12.2. The van der Waals surface area contributed by atoms with Crippen LogP contribution in [0.15, 0.2) is 59.5 Å². The number of unbranched alkanes of at least 4 members (excludes halogenated alkanes) is 1. The summed E-state index contributed by atoms with van der Waals surface area (Å²) in [7, 11) is -3.90. The molecule has 2 aromatic rings. The molecule has 9 nitrogen and oxygen atoms in total. The molecule has 1 amide bonds. The third kappa shape index (κ3) is 7.78. The van der Waals surface area contributed by atoms with E-state index in [1.54, 1.807) is 18.2 Å². The Bertz CT molecular complexity index is 1020. The van der Waals surface area contributed by atoms with Gasteiger partial charge in [-0.3, -0.25) is 9.59 Å². The first-order valence-electron chi connectivity index (χ1n) is 10.0. The van der Waals surface area contributed by atoms with E-state index < -0.39 is 40.5 Å². The highest BCUT2D eigenvalue weighted by molar-refractivity contribution is 7.89. The van der Waals surface area contributed by atoms with Crippen LogP contribution in [0.4, 0.5) is 5.69 Å². The molecule has 0 bridgehead atoms. The Labute approximate surface area is 187 Å². The van der Waals surface area contributed by atoms with Gasteiger partial charge in [-0.15, -0.1) is 0 Å². The Hall–Kier alpha value is -3.24. The number of hydrogen-bond donors (Lipinski definition) is 2. The van der Waals surface area contributed by atoms with Crippen LogP contribution in [0.1, 0.15) is 37.0 Å². The first kappa shape index (κ1) is 25.0. The molecule has 0 saturated carbocycles. The topological polar surface area (TPSA) is 128 Å². The molecule has 32 heavy (non-hydrogen) atoms. The summed E-state index contributed by atoms with van der Waals surface area (Å²) in [6.45, 7) is 3.06. The predicted molar refractivity (Wildman–Crippen MR) is 117 cm³/mol. The fourth-order valence-electron chi connectivity index (χ4n) is 2.49. The molecule has 2 N–H and O–H groups in total. The zero-order valence-corrected chi connectivity index (χ0v) is 18.7. The molecule has 0 radical (unpaired) electrons. The highest BCUT2D eigenvalue weighted by Gasteiger charge is 2.23. The minimum atomic E-state index is -3.90. The molecule has 1 atom stereocenters. The van der Waals surface area contributed by atoms with E-state index in [1.807, 2.05) is 6.92 Å². The van der Waals surface area contributed by atoms with Gasteiger partial charge in [0.2, 0.25) is 10.0 Å². The first-order valence-corrected chi connectivity index (χ1v) is 11.5. The number of ether oxygens (including phenoxy) is 2. The standard InChI is InChI=1S/C22H26N2O7S/c1-3-4-14-30-22(27)17-10-12-18(13-11-17)23-20(25)15-31-21(26)16(2)24-32(28,29)19-8-6-5-7-9-19/h5-13,16,24H,3-4,14-15H2,1-2H3,(H,23,25)/t16-/m0/s1. The van der Waals surface area contributed by atoms with Crippen molar-refractivity contribution in [3.05, 3.63) is 60.2 Å². The predicted octanol–water partition coefficient (Wildman–Crippen LogP) is 2.49. The lowest BCUT2D eigenvalue weighted by Crippen LogP contribution is -2.40. The molecule has 2 rings (SSSR count). The van der Waals surface area contributed by atoms with Crippen LogP contribution in [0, 0.1) is 0 Å². The average molecular weight is 463 g/mol. The number of hydrogen-bond acceptors (Lipinski definition) is 7. The molecule has 0 aromatic heterocycles. The van der Waals surface area contributed by atoms with Gasteiger partial charge in [0.15, 0.2) is 6.61 Å². The lowest BCUT2D eigenvalue weighted by molar-refractivity contribution is -0.148. The molecule has 0 aliphatic carbocycles. The molecular weight excluding hydrogens is 436 g/mol. The summed E-state index contributed by atoms with van der Waals surface area (Å²) in [4.78, 5) is 36.0. The van der Waals surface area contributed by atoms with Crippen molar-refractivity contribution < 1.29 is 32.3 Å². The van der Waals surface area contributed by atoms with Gasteiger partial charge in [0, 0.05) is 5.69 Å². The van der Waals surface area contributed by atoms with E-state index in [0.29, 0.717) is 17.9 Å². The van der Waals surface area contributed by atoms with Gasteiger partial charge in [-0.25, -0.2) is 13.2 Å². The van der Waals surface area contributed by atoms with Crippen molar-refractivity contribution in [2.45, 2.75) is 37.6 Å². The van der Waals surface area contributed by atoms with Gasteiger partial charge >= 0.3 is 11.9 Å². The summed E-state index contributed by atoms with van der Waals surface area (Å²) in [5, 5.41) is 2.52. The van der Waals surface area contributed by atoms with Crippen LogP contribution in [0.5, 0.6) is 0 Å². The Morgan fingerprint density at radius 3 is 2.25 bits per heavy atom. The molecule has 0 fully saturated rings. The highest BCUT2D eigenvalue weighted by atomic mass is 32.2. The second-order valence-corrected chi connectivity index (χ2v) is 8.59. The lowest BCUT2D eigenvalue weighted by atomic mass is 10.2. The molecule has 0 aliphatic rings. The van der Waals surface area contributed by atoms with E-state index in [-0.39, 0.29) is 4.90 Å². The van der Waals surface area contributed by atoms with E-state index in [9.17, 15) is 22.8 Å². The van der Waals surface area contributed by atoms with Crippen molar-refractivity contribution in [3.63, 3.8) is 0 Å². The summed E-state index contributed by atoms with van der Waals surface area (Å²) in [6, 6.07) is 12.4. The Kier molecular flexibility index (Phi) is 9.36. The lowest BCUT2D eigenvalue weighted by Gasteiger charge is -2.14. The van der Waals surface area contributed by atoms with Gasteiger partial charge in [-0.1, -0.05) is 31.5 Å². The number of sulfonamides is 1. The number of amides is 1. The van der Waals surface area contributed by atoms with E-state index in [1.165, 1.54) is 43.3 Å². The van der Waals surface area contributed by atoms with Gasteiger partial charge in [0.05, 0.1) is 17.1 Å². The van der Waals surface area contributed by atoms with Crippen LogP contribution in [0.3, 0.4) is 0 Å². The van der Waals surface area contributed by atoms with Crippen LogP contribution in [-0.4, -0.2) is 45.5 Å². The van der Waals surface area contributed by atoms with Crippen LogP contribution < -0.4 is 10.0 Å². The Morgan fingerprint density at radius 1 is 0.969 bits per heavy atom. The summed E-state index contributed by atoms with van der Waals surface area (Å²) < 4.78 is 36.7.